The van der Waals surface area contributed by atoms with Crippen molar-refractivity contribution in [2.45, 2.75) is 43.6 Å². The van der Waals surface area contributed by atoms with Crippen molar-refractivity contribution < 1.29 is 31.5 Å². The number of rotatable bonds is 5. The van der Waals surface area contributed by atoms with Crippen molar-refractivity contribution in [3.8, 4) is 17.3 Å². The Morgan fingerprint density at radius 2 is 1.78 bits per heavy atom. The summed E-state index contributed by atoms with van der Waals surface area (Å²) in [6.45, 7) is -0.743. The molecule has 36 heavy (non-hydrogen) atoms. The lowest BCUT2D eigenvalue weighted by Gasteiger charge is -2.53. The van der Waals surface area contributed by atoms with E-state index in [2.05, 4.69) is 15.0 Å². The maximum atomic E-state index is 14.2. The molecule has 1 amide bonds. The maximum Gasteiger partial charge on any atom is 0.417 e. The van der Waals surface area contributed by atoms with E-state index in [-0.39, 0.29) is 23.2 Å². The molecule has 1 aromatic carbocycles. The van der Waals surface area contributed by atoms with Gasteiger partial charge in [0.2, 0.25) is 5.88 Å². The molecular weight excluding hydrogens is 483 g/mol. The molecule has 4 unspecified atom stereocenters. The summed E-state index contributed by atoms with van der Waals surface area (Å²) < 4.78 is 72.1. The molecule has 4 heterocycles. The van der Waals surface area contributed by atoms with Crippen LogP contribution in [0.3, 0.4) is 0 Å². The quantitative estimate of drug-likeness (QED) is 0.452. The third kappa shape index (κ3) is 4.49. The fourth-order valence-corrected chi connectivity index (χ4v) is 5.14. The van der Waals surface area contributed by atoms with E-state index in [0.717, 1.165) is 24.5 Å². The van der Waals surface area contributed by atoms with Gasteiger partial charge in [-0.05, 0) is 37.3 Å². The van der Waals surface area contributed by atoms with Crippen LogP contribution in [0.2, 0.25) is 0 Å². The average Bonchev–Trinajstić information content (AvgIpc) is 2.88. The normalized spacial score (nSPS) is 23.5. The van der Waals surface area contributed by atoms with Gasteiger partial charge in [0.25, 0.3) is 5.91 Å². The number of alkyl halides is 4. The minimum Gasteiger partial charge on any atom is -0.472 e. The lowest BCUT2D eigenvalue weighted by atomic mass is 9.72. The first-order valence-corrected chi connectivity index (χ1v) is 11.4. The van der Waals surface area contributed by atoms with Crippen LogP contribution in [0, 0.1) is 11.7 Å². The summed E-state index contributed by atoms with van der Waals surface area (Å²) in [5.74, 6) is -1.08. The molecule has 2 bridgehead atoms. The van der Waals surface area contributed by atoms with E-state index in [1.54, 1.807) is 24.3 Å². The molecule has 2 aliphatic heterocycles. The second-order valence-electron chi connectivity index (χ2n) is 8.88. The van der Waals surface area contributed by atoms with Gasteiger partial charge in [-0.25, -0.2) is 23.7 Å². The van der Waals surface area contributed by atoms with E-state index in [4.69, 9.17) is 4.74 Å². The molecule has 3 fully saturated rings. The number of hydrogen-bond donors (Lipinski definition) is 0. The molecule has 6 nitrogen and oxygen atoms in total. The highest BCUT2D eigenvalue weighted by molar-refractivity contribution is 6.00. The van der Waals surface area contributed by atoms with Crippen LogP contribution in [0.15, 0.2) is 55.0 Å². The number of nitrogens with zero attached hydrogens (tertiary/aromatic N) is 4. The van der Waals surface area contributed by atoms with Crippen LogP contribution >= 0.6 is 0 Å². The molecule has 2 saturated heterocycles. The molecule has 0 radical (unpaired) electrons. The van der Waals surface area contributed by atoms with Crippen molar-refractivity contribution in [3.63, 3.8) is 0 Å². The number of benzene rings is 1. The Balaban J connectivity index is 1.44. The Bertz CT molecular complexity index is 1240. The first kappa shape index (κ1) is 24.1. The maximum absolute atomic E-state index is 14.2. The van der Waals surface area contributed by atoms with Gasteiger partial charge >= 0.3 is 6.18 Å². The molecule has 0 spiro atoms. The number of fused-ring (bicyclic) bond motifs is 3. The van der Waals surface area contributed by atoms with E-state index in [1.807, 2.05) is 0 Å². The molecular formula is C25H21F5N4O2. The van der Waals surface area contributed by atoms with Crippen LogP contribution in [-0.4, -0.2) is 50.6 Å². The SMILES string of the molecule is O=C(c1ccccc1-c1ncc(F)cn1)N1C(CF)C2CCC1C(Oc1ccc(C(F)(F)F)cn1)C2. The summed E-state index contributed by atoms with van der Waals surface area (Å²) in [7, 11) is 0. The van der Waals surface area contributed by atoms with Gasteiger partial charge in [0.1, 0.15) is 12.8 Å². The van der Waals surface area contributed by atoms with Gasteiger partial charge in [0.15, 0.2) is 11.6 Å². The summed E-state index contributed by atoms with van der Waals surface area (Å²) >= 11 is 0. The lowest BCUT2D eigenvalue weighted by molar-refractivity contribution is -0.137. The Labute approximate surface area is 203 Å². The predicted molar refractivity (Wildman–Crippen MR) is 118 cm³/mol. The van der Waals surface area contributed by atoms with E-state index in [9.17, 15) is 26.7 Å². The first-order valence-electron chi connectivity index (χ1n) is 11.4. The fraction of sp³-hybridized carbons (Fsp3) is 0.360. The highest BCUT2D eigenvalue weighted by atomic mass is 19.4. The van der Waals surface area contributed by atoms with Gasteiger partial charge in [-0.2, -0.15) is 13.2 Å². The van der Waals surface area contributed by atoms with Crippen molar-refractivity contribution in [1.29, 1.82) is 0 Å². The van der Waals surface area contributed by atoms with Gasteiger partial charge in [-0.1, -0.05) is 18.2 Å². The van der Waals surface area contributed by atoms with Crippen LogP contribution < -0.4 is 4.74 Å². The van der Waals surface area contributed by atoms with Crippen LogP contribution in [0.4, 0.5) is 22.0 Å². The smallest absolute Gasteiger partial charge is 0.417 e. The number of carbonyl (C=O) groups is 1. The molecule has 188 valence electrons. The van der Waals surface area contributed by atoms with E-state index in [0.29, 0.717) is 31.0 Å². The van der Waals surface area contributed by atoms with Crippen LogP contribution in [-0.2, 0) is 6.18 Å². The van der Waals surface area contributed by atoms with Gasteiger partial charge in [-0.3, -0.25) is 4.79 Å². The summed E-state index contributed by atoms with van der Waals surface area (Å²) in [6, 6.07) is 7.42. The average molecular weight is 504 g/mol. The van der Waals surface area contributed by atoms with E-state index >= 15 is 0 Å². The Morgan fingerprint density at radius 1 is 1.03 bits per heavy atom. The highest BCUT2D eigenvalue weighted by Gasteiger charge is 2.50. The number of aromatic nitrogens is 3. The number of halogens is 5. The third-order valence-electron chi connectivity index (χ3n) is 6.80. The molecule has 6 rings (SSSR count). The molecule has 11 heteroatoms. The van der Waals surface area contributed by atoms with Crippen LogP contribution in [0.25, 0.3) is 11.4 Å². The molecule has 3 aliphatic rings. The largest absolute Gasteiger partial charge is 0.472 e. The van der Waals surface area contributed by atoms with Crippen molar-refractivity contribution in [3.05, 3.63) is 71.9 Å². The lowest BCUT2D eigenvalue weighted by Crippen LogP contribution is -2.64. The predicted octanol–water partition coefficient (Wildman–Crippen LogP) is 5.11. The van der Waals surface area contributed by atoms with E-state index < -0.39 is 48.3 Å². The molecule has 1 saturated carbocycles. The number of hydrogen-bond acceptors (Lipinski definition) is 5. The standard InChI is InChI=1S/C25H21F5N4O2/c26-10-20-14-5-7-19(21(9-14)36-22-8-6-15(11-31-22)25(28,29)30)34(20)24(35)18-4-2-1-3-17(18)23-32-12-16(27)13-33-23/h1-4,6,8,11-14,19-21H,5,7,9-10H2. The third-order valence-corrected chi connectivity index (χ3v) is 6.80. The highest BCUT2D eigenvalue weighted by Crippen LogP contribution is 2.43. The fourth-order valence-electron chi connectivity index (χ4n) is 5.14. The van der Waals surface area contributed by atoms with E-state index in [1.165, 1.54) is 4.90 Å². The minimum atomic E-state index is -4.52. The summed E-state index contributed by atoms with van der Waals surface area (Å²) in [5, 5.41) is 0. The molecule has 1 aliphatic carbocycles. The Hall–Kier alpha value is -3.63. The second-order valence-corrected chi connectivity index (χ2v) is 8.88. The molecule has 3 aromatic rings. The Kier molecular flexibility index (Phi) is 6.31. The molecule has 2 aromatic heterocycles. The zero-order valence-corrected chi connectivity index (χ0v) is 18.8. The van der Waals surface area contributed by atoms with Crippen LogP contribution in [0.1, 0.15) is 35.2 Å². The first-order chi connectivity index (χ1) is 17.3. The summed E-state index contributed by atoms with van der Waals surface area (Å²) in [4.78, 5) is 27.0. The zero-order valence-electron chi connectivity index (χ0n) is 18.8. The van der Waals surface area contributed by atoms with Crippen LogP contribution in [0.5, 0.6) is 5.88 Å². The van der Waals surface area contributed by atoms with Gasteiger partial charge in [-0.15, -0.1) is 0 Å². The topological polar surface area (TPSA) is 68.2 Å². The summed E-state index contributed by atoms with van der Waals surface area (Å²) in [6.07, 6.45) is -0.685. The van der Waals surface area contributed by atoms with Gasteiger partial charge in [0.05, 0.1) is 35.6 Å². The second kappa shape index (κ2) is 9.44. The number of ether oxygens (including phenoxy) is 1. The van der Waals surface area contributed by atoms with Crippen molar-refractivity contribution in [2.24, 2.45) is 5.92 Å². The van der Waals surface area contributed by atoms with Gasteiger partial charge < -0.3 is 9.64 Å². The number of amides is 1. The van der Waals surface area contributed by atoms with Gasteiger partial charge in [0, 0.05) is 17.8 Å². The van der Waals surface area contributed by atoms with Crippen molar-refractivity contribution >= 4 is 5.91 Å². The molecule has 4 atom stereocenters. The molecule has 0 N–H and O–H groups in total. The number of piperidine rings is 2. The minimum absolute atomic E-state index is 0.00450. The zero-order chi connectivity index (χ0) is 25.4. The monoisotopic (exact) mass is 504 g/mol. The number of pyridine rings is 1. The Morgan fingerprint density at radius 3 is 2.44 bits per heavy atom. The van der Waals surface area contributed by atoms with Crippen molar-refractivity contribution in [1.82, 2.24) is 19.9 Å². The number of carbonyl (C=O) groups excluding carboxylic acids is 1. The van der Waals surface area contributed by atoms with Crippen molar-refractivity contribution in [2.75, 3.05) is 6.67 Å². The summed E-state index contributed by atoms with van der Waals surface area (Å²) in [5.41, 5.74) is -0.279.